The van der Waals surface area contributed by atoms with E-state index in [-0.39, 0.29) is 0 Å². The molecular weight excluding hydrogens is 605 g/mol. The number of nitrogen functional groups attached to an aromatic ring is 1. The number of unbranched alkanes of at least 4 members (excludes halogenated alkanes) is 18. The highest BCUT2D eigenvalue weighted by molar-refractivity contribution is 6.09. The Morgan fingerprint density at radius 3 is 1.16 bits per heavy atom. The third kappa shape index (κ3) is 11.2. The van der Waals surface area contributed by atoms with Crippen molar-refractivity contribution in [3.63, 3.8) is 0 Å². The molecule has 1 heterocycles. The van der Waals surface area contributed by atoms with Crippen LogP contribution >= 0.6 is 0 Å². The van der Waals surface area contributed by atoms with Crippen LogP contribution in [0.25, 0.3) is 38.6 Å². The molecule has 5 aromatic rings. The Kier molecular flexibility index (Phi) is 15.8. The number of aryl methyl sites for hydroxylation is 2. The first-order chi connectivity index (χ1) is 24.7. The average Bonchev–Trinajstić information content (AvgIpc) is 3.46. The van der Waals surface area contributed by atoms with Gasteiger partial charge in [-0.15, -0.1) is 0 Å². The van der Waals surface area contributed by atoms with Crippen LogP contribution in [-0.4, -0.2) is 4.57 Å². The fourth-order valence-electron chi connectivity index (χ4n) is 7.82. The first-order valence-corrected chi connectivity index (χ1v) is 20.7. The van der Waals surface area contributed by atoms with Crippen LogP contribution in [0.5, 0.6) is 0 Å². The van der Waals surface area contributed by atoms with Crippen LogP contribution in [0.15, 0.2) is 84.9 Å². The normalized spacial score (nSPS) is 11.6. The molecule has 2 nitrogen and oxygen atoms in total. The van der Waals surface area contributed by atoms with Gasteiger partial charge >= 0.3 is 0 Å². The zero-order valence-corrected chi connectivity index (χ0v) is 31.7. The Morgan fingerprint density at radius 1 is 0.400 bits per heavy atom. The van der Waals surface area contributed by atoms with Crippen molar-refractivity contribution in [3.8, 4) is 16.8 Å². The Balaban J connectivity index is 1.26. The first kappa shape index (κ1) is 37.7. The van der Waals surface area contributed by atoms with E-state index in [1.807, 2.05) is 12.1 Å². The van der Waals surface area contributed by atoms with E-state index >= 15 is 0 Å². The number of aromatic nitrogens is 1. The molecular formula is C48H66N2. The lowest BCUT2D eigenvalue weighted by molar-refractivity contribution is 0.556. The number of anilines is 1. The van der Waals surface area contributed by atoms with Gasteiger partial charge in [-0.1, -0.05) is 166 Å². The van der Waals surface area contributed by atoms with E-state index in [0.717, 1.165) is 5.69 Å². The van der Waals surface area contributed by atoms with Crippen molar-refractivity contribution in [1.82, 2.24) is 4.57 Å². The molecule has 0 spiro atoms. The van der Waals surface area contributed by atoms with Gasteiger partial charge < -0.3 is 10.3 Å². The van der Waals surface area contributed by atoms with Crippen LogP contribution in [0.4, 0.5) is 5.69 Å². The van der Waals surface area contributed by atoms with Crippen molar-refractivity contribution in [2.24, 2.45) is 0 Å². The van der Waals surface area contributed by atoms with Crippen molar-refractivity contribution in [2.45, 2.75) is 155 Å². The molecule has 0 saturated heterocycles. The van der Waals surface area contributed by atoms with E-state index in [4.69, 9.17) is 5.73 Å². The lowest BCUT2D eigenvalue weighted by Crippen LogP contribution is -1.94. The molecule has 0 unspecified atom stereocenters. The molecule has 50 heavy (non-hydrogen) atoms. The fourth-order valence-corrected chi connectivity index (χ4v) is 7.82. The second-order valence-corrected chi connectivity index (χ2v) is 15.1. The van der Waals surface area contributed by atoms with Gasteiger partial charge in [-0.05, 0) is 96.5 Å². The predicted molar refractivity (Wildman–Crippen MR) is 222 cm³/mol. The van der Waals surface area contributed by atoms with Crippen LogP contribution in [0.1, 0.15) is 153 Å². The van der Waals surface area contributed by atoms with Gasteiger partial charge in [0.05, 0.1) is 11.0 Å². The minimum absolute atomic E-state index is 0.802. The van der Waals surface area contributed by atoms with Gasteiger partial charge in [-0.25, -0.2) is 0 Å². The Labute approximate surface area is 304 Å². The van der Waals surface area contributed by atoms with Gasteiger partial charge in [0, 0.05) is 22.1 Å². The smallest absolute Gasteiger partial charge is 0.0541 e. The maximum Gasteiger partial charge on any atom is 0.0541 e. The maximum atomic E-state index is 5.95. The number of hydrogen-bond acceptors (Lipinski definition) is 1. The molecule has 0 aliphatic rings. The summed E-state index contributed by atoms with van der Waals surface area (Å²) in [6, 6.07) is 31.8. The largest absolute Gasteiger partial charge is 0.399 e. The Bertz CT molecular complexity index is 1590. The molecule has 0 fully saturated rings. The first-order valence-electron chi connectivity index (χ1n) is 20.7. The Morgan fingerprint density at radius 2 is 0.760 bits per heavy atom. The second-order valence-electron chi connectivity index (χ2n) is 15.1. The number of fused-ring (bicyclic) bond motifs is 3. The van der Waals surface area contributed by atoms with E-state index in [9.17, 15) is 0 Å². The van der Waals surface area contributed by atoms with Gasteiger partial charge in [0.15, 0.2) is 0 Å². The van der Waals surface area contributed by atoms with E-state index < -0.39 is 0 Å². The summed E-state index contributed by atoms with van der Waals surface area (Å²) in [6.07, 6.45) is 30.0. The predicted octanol–water partition coefficient (Wildman–Crippen LogP) is 15.0. The molecule has 268 valence electrons. The molecule has 4 aromatic carbocycles. The third-order valence-corrected chi connectivity index (χ3v) is 10.9. The second kappa shape index (κ2) is 21.0. The molecule has 0 saturated carbocycles. The van der Waals surface area contributed by atoms with Gasteiger partial charge in [-0.2, -0.15) is 0 Å². The SMILES string of the molecule is CCCCCCCCCCCCc1ccc2c(c1)c1cc(CCCCCCCCCCCC)ccc1n2-c1ccc(-c2ccc(N)cc2)cc1. The summed E-state index contributed by atoms with van der Waals surface area (Å²) in [5, 5.41) is 2.80. The molecule has 5 rings (SSSR count). The van der Waals surface area contributed by atoms with Crippen LogP contribution in [0.3, 0.4) is 0 Å². The third-order valence-electron chi connectivity index (χ3n) is 10.9. The summed E-state index contributed by atoms with van der Waals surface area (Å²) in [5.41, 5.74) is 16.0. The van der Waals surface area contributed by atoms with Gasteiger partial charge in [-0.3, -0.25) is 0 Å². The van der Waals surface area contributed by atoms with Crippen LogP contribution in [0.2, 0.25) is 0 Å². The number of nitrogens with zero attached hydrogens (tertiary/aromatic N) is 1. The zero-order valence-electron chi connectivity index (χ0n) is 31.7. The highest BCUT2D eigenvalue weighted by Gasteiger charge is 2.14. The summed E-state index contributed by atoms with van der Waals surface area (Å²) in [5.74, 6) is 0. The summed E-state index contributed by atoms with van der Waals surface area (Å²) in [6.45, 7) is 4.60. The summed E-state index contributed by atoms with van der Waals surface area (Å²) in [7, 11) is 0. The van der Waals surface area contributed by atoms with E-state index in [1.54, 1.807) is 0 Å². The number of nitrogens with two attached hydrogens (primary N) is 1. The van der Waals surface area contributed by atoms with E-state index in [0.29, 0.717) is 0 Å². The summed E-state index contributed by atoms with van der Waals surface area (Å²) < 4.78 is 2.48. The quantitative estimate of drug-likeness (QED) is 0.0514. The number of rotatable bonds is 24. The molecule has 2 heteroatoms. The molecule has 0 amide bonds. The molecule has 1 aromatic heterocycles. The van der Waals surface area contributed by atoms with Crippen LogP contribution in [-0.2, 0) is 12.8 Å². The minimum atomic E-state index is 0.802. The summed E-state index contributed by atoms with van der Waals surface area (Å²) >= 11 is 0. The van der Waals surface area contributed by atoms with E-state index in [1.165, 1.54) is 191 Å². The van der Waals surface area contributed by atoms with Crippen LogP contribution < -0.4 is 5.73 Å². The Hall–Kier alpha value is -3.52. The molecule has 0 aliphatic carbocycles. The monoisotopic (exact) mass is 671 g/mol. The van der Waals surface area contributed by atoms with Crippen molar-refractivity contribution in [1.29, 1.82) is 0 Å². The highest BCUT2D eigenvalue weighted by Crippen LogP contribution is 2.35. The lowest BCUT2D eigenvalue weighted by Gasteiger charge is -2.10. The standard InChI is InChI=1S/C48H66N2/c1-3-5-7-9-11-13-15-17-19-21-23-39-25-35-47-45(37-39)46-38-40(24-22-20-18-16-14-12-10-8-6-4-2)26-36-48(46)50(47)44-33-29-42(30-34-44)41-27-31-43(49)32-28-41/h25-38H,3-24,49H2,1-2H3. The average molecular weight is 671 g/mol. The topological polar surface area (TPSA) is 30.9 Å². The van der Waals surface area contributed by atoms with Crippen molar-refractivity contribution in [3.05, 3.63) is 96.1 Å². The number of hydrogen-bond donors (Lipinski definition) is 1. The molecule has 0 atom stereocenters. The molecule has 0 bridgehead atoms. The lowest BCUT2D eigenvalue weighted by atomic mass is 10.0. The van der Waals surface area contributed by atoms with Gasteiger partial charge in [0.25, 0.3) is 0 Å². The molecule has 0 aliphatic heterocycles. The zero-order chi connectivity index (χ0) is 34.8. The minimum Gasteiger partial charge on any atom is -0.399 e. The maximum absolute atomic E-state index is 5.95. The highest BCUT2D eigenvalue weighted by atomic mass is 15.0. The van der Waals surface area contributed by atoms with Gasteiger partial charge in [0.1, 0.15) is 0 Å². The van der Waals surface area contributed by atoms with Crippen LogP contribution in [0, 0.1) is 0 Å². The van der Waals surface area contributed by atoms with E-state index in [2.05, 4.69) is 91.2 Å². The van der Waals surface area contributed by atoms with Gasteiger partial charge in [0.2, 0.25) is 0 Å². The molecule has 0 radical (unpaired) electrons. The summed E-state index contributed by atoms with van der Waals surface area (Å²) in [4.78, 5) is 0. The molecule has 2 N–H and O–H groups in total. The fraction of sp³-hybridized carbons (Fsp3) is 0.500. The van der Waals surface area contributed by atoms with Crippen molar-refractivity contribution >= 4 is 27.5 Å². The van der Waals surface area contributed by atoms with Crippen molar-refractivity contribution in [2.75, 3.05) is 5.73 Å². The van der Waals surface area contributed by atoms with Crippen molar-refractivity contribution < 1.29 is 0 Å². The number of benzene rings is 4.